The summed E-state index contributed by atoms with van der Waals surface area (Å²) in [6, 6.07) is 2.87. The highest BCUT2D eigenvalue weighted by molar-refractivity contribution is 7.89. The second-order valence-corrected chi connectivity index (χ2v) is 6.90. The minimum Gasteiger partial charge on any atom is -0.313 e. The van der Waals surface area contributed by atoms with Crippen molar-refractivity contribution in [2.45, 2.75) is 38.6 Å². The second-order valence-electron chi connectivity index (χ2n) is 5.17. The van der Waals surface area contributed by atoms with Gasteiger partial charge in [-0.25, -0.2) is 13.1 Å². The third-order valence-electron chi connectivity index (χ3n) is 3.03. The van der Waals surface area contributed by atoms with E-state index in [1.54, 1.807) is 13.8 Å². The molecular weight excluding hydrogens is 294 g/mol. The summed E-state index contributed by atoms with van der Waals surface area (Å²) in [7, 11) is -3.90. The second kappa shape index (κ2) is 6.97. The lowest BCUT2D eigenvalue weighted by Gasteiger charge is -2.11. The highest BCUT2D eigenvalue weighted by atomic mass is 32.2. The van der Waals surface area contributed by atoms with Crippen LogP contribution in [0.5, 0.6) is 0 Å². The zero-order valence-electron chi connectivity index (χ0n) is 12.6. The van der Waals surface area contributed by atoms with E-state index in [1.165, 1.54) is 12.1 Å². The van der Waals surface area contributed by atoms with Crippen LogP contribution in [-0.4, -0.2) is 32.5 Å². The summed E-state index contributed by atoms with van der Waals surface area (Å²) in [6.45, 7) is 7.95. The lowest BCUT2D eigenvalue weighted by Crippen LogP contribution is -2.34. The molecule has 1 rings (SSSR count). The molecular formula is C13H21N3O4S. The van der Waals surface area contributed by atoms with Crippen molar-refractivity contribution < 1.29 is 13.3 Å². The largest absolute Gasteiger partial charge is 0.313 e. The fourth-order valence-electron chi connectivity index (χ4n) is 1.76. The van der Waals surface area contributed by atoms with Gasteiger partial charge >= 0.3 is 0 Å². The summed E-state index contributed by atoms with van der Waals surface area (Å²) < 4.78 is 26.8. The number of nitro benzene ring substituents is 1. The van der Waals surface area contributed by atoms with Crippen LogP contribution in [0.25, 0.3) is 0 Å². The van der Waals surface area contributed by atoms with Gasteiger partial charge in [0.05, 0.1) is 4.92 Å². The van der Waals surface area contributed by atoms with Gasteiger partial charge in [-0.3, -0.25) is 10.1 Å². The lowest BCUT2D eigenvalue weighted by molar-refractivity contribution is -0.387. The maximum absolute atomic E-state index is 12.2. The number of hydrogen-bond donors (Lipinski definition) is 2. The van der Waals surface area contributed by atoms with Crippen LogP contribution in [0.4, 0.5) is 5.69 Å². The Labute approximate surface area is 124 Å². The Kier molecular flexibility index (Phi) is 5.82. The monoisotopic (exact) mass is 315 g/mol. The van der Waals surface area contributed by atoms with Crippen LogP contribution < -0.4 is 10.0 Å². The van der Waals surface area contributed by atoms with E-state index < -0.39 is 20.6 Å². The summed E-state index contributed by atoms with van der Waals surface area (Å²) in [6.07, 6.45) is 0. The molecule has 2 N–H and O–H groups in total. The van der Waals surface area contributed by atoms with Gasteiger partial charge in [-0.15, -0.1) is 0 Å². The Bertz CT molecular complexity index is 627. The van der Waals surface area contributed by atoms with Crippen LogP contribution in [0.1, 0.15) is 25.0 Å². The Balaban J connectivity index is 3.02. The van der Waals surface area contributed by atoms with E-state index in [-0.39, 0.29) is 17.5 Å². The minimum atomic E-state index is -3.90. The van der Waals surface area contributed by atoms with Crippen molar-refractivity contribution in [2.24, 2.45) is 0 Å². The van der Waals surface area contributed by atoms with Gasteiger partial charge in [0.1, 0.15) is 0 Å². The number of nitrogens with one attached hydrogen (secondary N) is 2. The van der Waals surface area contributed by atoms with Crippen molar-refractivity contribution in [3.8, 4) is 0 Å². The maximum Gasteiger partial charge on any atom is 0.289 e. The van der Waals surface area contributed by atoms with E-state index in [2.05, 4.69) is 10.0 Å². The highest BCUT2D eigenvalue weighted by Crippen LogP contribution is 2.26. The van der Waals surface area contributed by atoms with Crippen molar-refractivity contribution in [1.82, 2.24) is 10.0 Å². The van der Waals surface area contributed by atoms with Gasteiger partial charge in [0.2, 0.25) is 10.0 Å². The molecule has 0 aliphatic rings. The lowest BCUT2D eigenvalue weighted by atomic mass is 10.1. The first-order valence-electron chi connectivity index (χ1n) is 6.64. The van der Waals surface area contributed by atoms with Crippen LogP contribution in [-0.2, 0) is 10.0 Å². The third kappa shape index (κ3) is 4.76. The molecule has 8 heteroatoms. The summed E-state index contributed by atoms with van der Waals surface area (Å²) in [5.74, 6) is 0. The van der Waals surface area contributed by atoms with Crippen LogP contribution in [0.15, 0.2) is 17.0 Å². The van der Waals surface area contributed by atoms with Crippen LogP contribution in [0.2, 0.25) is 0 Å². The standard InChI is InChI=1S/C13H21N3O4S/c1-9(2)14-5-6-15-21(19,20)13-8-11(4)10(3)7-12(13)16(17)18/h7-9,14-15H,5-6H2,1-4H3. The molecule has 1 aromatic carbocycles. The van der Waals surface area contributed by atoms with Crippen molar-refractivity contribution >= 4 is 15.7 Å². The van der Waals surface area contributed by atoms with Gasteiger partial charge in [-0.1, -0.05) is 13.8 Å². The van der Waals surface area contributed by atoms with Crippen molar-refractivity contribution in [3.63, 3.8) is 0 Å². The van der Waals surface area contributed by atoms with Gasteiger partial charge in [0.15, 0.2) is 4.90 Å². The zero-order chi connectivity index (χ0) is 16.2. The van der Waals surface area contributed by atoms with E-state index in [1.807, 2.05) is 13.8 Å². The number of hydrogen-bond acceptors (Lipinski definition) is 5. The Morgan fingerprint density at radius 1 is 1.19 bits per heavy atom. The highest BCUT2D eigenvalue weighted by Gasteiger charge is 2.26. The molecule has 0 heterocycles. The average Bonchev–Trinajstić information content (AvgIpc) is 2.37. The number of nitrogens with zero attached hydrogens (tertiary/aromatic N) is 1. The van der Waals surface area contributed by atoms with E-state index in [0.717, 1.165) is 0 Å². The van der Waals surface area contributed by atoms with Crippen LogP contribution in [0, 0.1) is 24.0 Å². The first kappa shape index (κ1) is 17.5. The molecule has 0 saturated heterocycles. The normalized spacial score (nSPS) is 11.9. The molecule has 0 spiro atoms. The third-order valence-corrected chi connectivity index (χ3v) is 4.52. The van der Waals surface area contributed by atoms with E-state index in [0.29, 0.717) is 17.7 Å². The van der Waals surface area contributed by atoms with E-state index in [4.69, 9.17) is 0 Å². The van der Waals surface area contributed by atoms with Crippen molar-refractivity contribution in [3.05, 3.63) is 33.4 Å². The summed E-state index contributed by atoms with van der Waals surface area (Å²) in [4.78, 5) is 10.1. The molecule has 0 radical (unpaired) electrons. The topological polar surface area (TPSA) is 101 Å². The Hall–Kier alpha value is -1.51. The van der Waals surface area contributed by atoms with E-state index in [9.17, 15) is 18.5 Å². The SMILES string of the molecule is Cc1cc([N+](=O)[O-])c(S(=O)(=O)NCCNC(C)C)cc1C. The minimum absolute atomic E-state index is 0.171. The summed E-state index contributed by atoms with van der Waals surface area (Å²) >= 11 is 0. The maximum atomic E-state index is 12.2. The number of benzene rings is 1. The molecule has 0 fully saturated rings. The van der Waals surface area contributed by atoms with Crippen molar-refractivity contribution in [1.29, 1.82) is 0 Å². The Morgan fingerprint density at radius 2 is 1.76 bits per heavy atom. The molecule has 118 valence electrons. The van der Waals surface area contributed by atoms with E-state index >= 15 is 0 Å². The van der Waals surface area contributed by atoms with Gasteiger partial charge < -0.3 is 5.32 Å². The van der Waals surface area contributed by atoms with Gasteiger partial charge in [-0.05, 0) is 31.0 Å². The molecule has 0 saturated carbocycles. The Morgan fingerprint density at radius 3 is 2.29 bits per heavy atom. The number of nitro groups is 1. The van der Waals surface area contributed by atoms with Gasteiger partial charge in [0.25, 0.3) is 5.69 Å². The van der Waals surface area contributed by atoms with Crippen molar-refractivity contribution in [2.75, 3.05) is 13.1 Å². The molecule has 1 aromatic rings. The molecule has 0 atom stereocenters. The quantitative estimate of drug-likeness (QED) is 0.451. The first-order chi connectivity index (χ1) is 9.65. The fourth-order valence-corrected chi connectivity index (χ4v) is 3.02. The smallest absolute Gasteiger partial charge is 0.289 e. The van der Waals surface area contributed by atoms with Gasteiger partial charge in [-0.2, -0.15) is 0 Å². The molecule has 0 bridgehead atoms. The summed E-state index contributed by atoms with van der Waals surface area (Å²) in [5, 5.41) is 14.1. The molecule has 0 aromatic heterocycles. The predicted molar refractivity (Wildman–Crippen MR) is 80.9 cm³/mol. The molecule has 0 unspecified atom stereocenters. The molecule has 0 aliphatic carbocycles. The molecule has 7 nitrogen and oxygen atoms in total. The average molecular weight is 315 g/mol. The fraction of sp³-hybridized carbons (Fsp3) is 0.538. The van der Waals surface area contributed by atoms with Gasteiger partial charge in [0, 0.05) is 25.2 Å². The number of sulfonamides is 1. The number of aryl methyl sites for hydroxylation is 2. The zero-order valence-corrected chi connectivity index (χ0v) is 13.5. The van der Waals surface area contributed by atoms with Crippen LogP contribution >= 0.6 is 0 Å². The molecule has 0 amide bonds. The summed E-state index contributed by atoms with van der Waals surface area (Å²) in [5.41, 5.74) is 0.978. The number of rotatable bonds is 7. The molecule has 21 heavy (non-hydrogen) atoms. The van der Waals surface area contributed by atoms with Crippen LogP contribution in [0.3, 0.4) is 0 Å². The molecule has 0 aliphatic heterocycles. The predicted octanol–water partition coefficient (Wildman–Crippen LogP) is 1.49. The first-order valence-corrected chi connectivity index (χ1v) is 8.12.